The number of hydrogen-bond acceptors (Lipinski definition) is 5. The average molecular weight is 302 g/mol. The van der Waals surface area contributed by atoms with Crippen LogP contribution in [-0.4, -0.2) is 35.5 Å². The van der Waals surface area contributed by atoms with Crippen molar-refractivity contribution >= 4 is 33.6 Å². The van der Waals surface area contributed by atoms with Crippen LogP contribution in [0.1, 0.15) is 13.8 Å². The van der Waals surface area contributed by atoms with Crippen molar-refractivity contribution in [1.82, 2.24) is 15.3 Å². The van der Waals surface area contributed by atoms with Crippen molar-refractivity contribution in [1.29, 1.82) is 0 Å². The summed E-state index contributed by atoms with van der Waals surface area (Å²) in [6.45, 7) is 4.01. The topological polar surface area (TPSA) is 84.1 Å². The summed E-state index contributed by atoms with van der Waals surface area (Å²) in [5.74, 6) is 0.693. The van der Waals surface area contributed by atoms with E-state index in [1.165, 1.54) is 0 Å². The first kappa shape index (κ1) is 13.7. The first-order chi connectivity index (χ1) is 7.88. The zero-order valence-corrected chi connectivity index (χ0v) is 11.7. The van der Waals surface area contributed by atoms with E-state index in [1.54, 1.807) is 18.0 Å². The van der Waals surface area contributed by atoms with E-state index in [-0.39, 0.29) is 18.5 Å². The number of nitrogens with zero attached hydrogens (tertiary/aromatic N) is 3. The van der Waals surface area contributed by atoms with Crippen LogP contribution in [0, 0.1) is 0 Å². The molecule has 3 N–H and O–H groups in total. The molecule has 0 aliphatic heterocycles. The third-order valence-electron chi connectivity index (χ3n) is 1.87. The fourth-order valence-electron chi connectivity index (χ4n) is 1.25. The van der Waals surface area contributed by atoms with E-state index in [9.17, 15) is 4.79 Å². The summed E-state index contributed by atoms with van der Waals surface area (Å²) in [5.41, 5.74) is 5.60. The van der Waals surface area contributed by atoms with E-state index in [2.05, 4.69) is 31.2 Å². The second-order valence-corrected chi connectivity index (χ2v) is 4.81. The molecule has 0 aliphatic carbocycles. The van der Waals surface area contributed by atoms with Gasteiger partial charge in [-0.1, -0.05) is 0 Å². The molecule has 0 bridgehead atoms. The normalized spacial score (nSPS) is 10.4. The van der Waals surface area contributed by atoms with Crippen molar-refractivity contribution in [2.45, 2.75) is 19.9 Å². The molecule has 0 saturated heterocycles. The molecule has 0 unspecified atom stereocenters. The molecule has 6 nitrogen and oxygen atoms in total. The monoisotopic (exact) mass is 301 g/mol. The fraction of sp³-hybridized carbons (Fsp3) is 0.500. The van der Waals surface area contributed by atoms with Crippen molar-refractivity contribution in [2.24, 2.45) is 0 Å². The highest BCUT2D eigenvalue weighted by atomic mass is 79.9. The van der Waals surface area contributed by atoms with Gasteiger partial charge >= 0.3 is 0 Å². The van der Waals surface area contributed by atoms with Crippen LogP contribution in [0.2, 0.25) is 0 Å². The zero-order chi connectivity index (χ0) is 13.0. The van der Waals surface area contributed by atoms with Crippen LogP contribution in [0.25, 0.3) is 0 Å². The molecule has 0 aromatic carbocycles. The number of nitrogens with two attached hydrogens (primary N) is 1. The SMILES string of the molecule is CC(C)NC(=O)CN(C)c1nc(N)cc(Br)n1. The van der Waals surface area contributed by atoms with Gasteiger partial charge < -0.3 is 16.0 Å². The molecule has 17 heavy (non-hydrogen) atoms. The minimum atomic E-state index is -0.0790. The Bertz CT molecular complexity index is 389. The molecule has 1 heterocycles. The third-order valence-corrected chi connectivity index (χ3v) is 2.28. The van der Waals surface area contributed by atoms with Gasteiger partial charge in [0.05, 0.1) is 6.54 Å². The Hall–Kier alpha value is -1.37. The molecule has 0 spiro atoms. The Morgan fingerprint density at radius 3 is 2.76 bits per heavy atom. The van der Waals surface area contributed by atoms with E-state index in [4.69, 9.17) is 5.73 Å². The number of anilines is 2. The highest BCUT2D eigenvalue weighted by Crippen LogP contribution is 2.14. The Balaban J connectivity index is 2.69. The van der Waals surface area contributed by atoms with Crippen LogP contribution in [0.15, 0.2) is 10.7 Å². The Morgan fingerprint density at radius 2 is 2.24 bits per heavy atom. The van der Waals surface area contributed by atoms with Gasteiger partial charge in [-0.15, -0.1) is 0 Å². The van der Waals surface area contributed by atoms with Crippen molar-refractivity contribution < 1.29 is 4.79 Å². The first-order valence-electron chi connectivity index (χ1n) is 5.19. The zero-order valence-electron chi connectivity index (χ0n) is 10.1. The lowest BCUT2D eigenvalue weighted by Gasteiger charge is -2.18. The minimum absolute atomic E-state index is 0.0790. The Kier molecular flexibility index (Phi) is 4.68. The lowest BCUT2D eigenvalue weighted by Crippen LogP contribution is -2.39. The molecule has 0 fully saturated rings. The molecule has 0 radical (unpaired) electrons. The molecule has 1 aromatic heterocycles. The predicted molar refractivity (Wildman–Crippen MR) is 70.7 cm³/mol. The number of rotatable bonds is 4. The van der Waals surface area contributed by atoms with Crippen LogP contribution in [0.4, 0.5) is 11.8 Å². The molecular weight excluding hydrogens is 286 g/mol. The summed E-state index contributed by atoms with van der Waals surface area (Å²) in [6, 6.07) is 1.72. The average Bonchev–Trinajstić information content (AvgIpc) is 2.14. The third kappa shape index (κ3) is 4.56. The number of aromatic nitrogens is 2. The molecule has 1 amide bonds. The molecular formula is C10H16BrN5O. The van der Waals surface area contributed by atoms with Crippen LogP contribution < -0.4 is 16.0 Å². The fourth-order valence-corrected chi connectivity index (χ4v) is 1.64. The van der Waals surface area contributed by atoms with Gasteiger partial charge in [-0.25, -0.2) is 4.98 Å². The largest absolute Gasteiger partial charge is 0.383 e. The lowest BCUT2D eigenvalue weighted by atomic mass is 10.4. The molecule has 0 atom stereocenters. The van der Waals surface area contributed by atoms with Gasteiger partial charge in [-0.2, -0.15) is 4.98 Å². The molecule has 1 aromatic rings. The van der Waals surface area contributed by atoms with Crippen LogP contribution in [0.3, 0.4) is 0 Å². The molecule has 0 saturated carbocycles. The van der Waals surface area contributed by atoms with Crippen molar-refractivity contribution in [3.8, 4) is 0 Å². The van der Waals surface area contributed by atoms with Gasteiger partial charge in [0.1, 0.15) is 10.4 Å². The van der Waals surface area contributed by atoms with E-state index in [0.717, 1.165) is 0 Å². The molecule has 94 valence electrons. The van der Waals surface area contributed by atoms with Crippen molar-refractivity contribution in [3.05, 3.63) is 10.7 Å². The number of hydrogen-bond donors (Lipinski definition) is 2. The summed E-state index contributed by atoms with van der Waals surface area (Å²) in [7, 11) is 1.74. The predicted octanol–water partition coefficient (Wildman–Crippen LogP) is 0.782. The van der Waals surface area contributed by atoms with Gasteiger partial charge in [0.15, 0.2) is 0 Å². The Morgan fingerprint density at radius 1 is 1.59 bits per heavy atom. The van der Waals surface area contributed by atoms with E-state index in [1.807, 2.05) is 13.8 Å². The van der Waals surface area contributed by atoms with Gasteiger partial charge in [0.25, 0.3) is 0 Å². The smallest absolute Gasteiger partial charge is 0.239 e. The minimum Gasteiger partial charge on any atom is -0.383 e. The summed E-state index contributed by atoms with van der Waals surface area (Å²) < 4.78 is 0.594. The quantitative estimate of drug-likeness (QED) is 0.803. The number of carbonyl (C=O) groups excluding carboxylic acids is 1. The van der Waals surface area contributed by atoms with Crippen molar-refractivity contribution in [3.63, 3.8) is 0 Å². The van der Waals surface area contributed by atoms with E-state index in [0.29, 0.717) is 16.4 Å². The second kappa shape index (κ2) is 5.81. The summed E-state index contributed by atoms with van der Waals surface area (Å²) in [5, 5.41) is 2.79. The van der Waals surface area contributed by atoms with Gasteiger partial charge in [0, 0.05) is 19.2 Å². The van der Waals surface area contributed by atoms with Crippen LogP contribution >= 0.6 is 15.9 Å². The first-order valence-corrected chi connectivity index (χ1v) is 5.98. The molecule has 7 heteroatoms. The second-order valence-electron chi connectivity index (χ2n) is 3.99. The molecule has 0 aliphatic rings. The standard InChI is InChI=1S/C10H16BrN5O/c1-6(2)13-9(17)5-16(3)10-14-7(11)4-8(12)15-10/h4,6H,5H2,1-3H3,(H,13,17)(H2,12,14,15). The summed E-state index contributed by atoms with van der Waals surface area (Å²) in [6.07, 6.45) is 0. The number of nitrogen functional groups attached to an aromatic ring is 1. The van der Waals surface area contributed by atoms with E-state index >= 15 is 0 Å². The van der Waals surface area contributed by atoms with Crippen LogP contribution in [-0.2, 0) is 4.79 Å². The van der Waals surface area contributed by atoms with E-state index < -0.39 is 0 Å². The number of amides is 1. The summed E-state index contributed by atoms with van der Waals surface area (Å²) in [4.78, 5) is 21.4. The summed E-state index contributed by atoms with van der Waals surface area (Å²) >= 11 is 3.23. The van der Waals surface area contributed by atoms with Gasteiger partial charge in [-0.05, 0) is 29.8 Å². The number of nitrogens with one attached hydrogen (secondary N) is 1. The number of likely N-dealkylation sites (N-methyl/N-ethyl adjacent to an activating group) is 1. The van der Waals surface area contributed by atoms with Gasteiger partial charge in [-0.3, -0.25) is 4.79 Å². The Labute approximate surface area is 109 Å². The number of halogens is 1. The van der Waals surface area contributed by atoms with Crippen molar-refractivity contribution in [2.75, 3.05) is 24.2 Å². The lowest BCUT2D eigenvalue weighted by molar-refractivity contribution is -0.120. The van der Waals surface area contributed by atoms with Crippen LogP contribution in [0.5, 0.6) is 0 Å². The van der Waals surface area contributed by atoms with Gasteiger partial charge in [0.2, 0.25) is 11.9 Å². The number of carbonyl (C=O) groups is 1. The maximum Gasteiger partial charge on any atom is 0.239 e. The molecule has 1 rings (SSSR count). The maximum atomic E-state index is 11.6. The highest BCUT2D eigenvalue weighted by molar-refractivity contribution is 9.10. The highest BCUT2D eigenvalue weighted by Gasteiger charge is 2.11. The maximum absolute atomic E-state index is 11.6.